The summed E-state index contributed by atoms with van der Waals surface area (Å²) in [6.45, 7) is 0. The minimum Gasteiger partial charge on any atom is -0.423 e. The van der Waals surface area contributed by atoms with Crippen LogP contribution in [0.3, 0.4) is 0 Å². The molecule has 0 aliphatic carbocycles. The highest BCUT2D eigenvalue weighted by Gasteiger charge is 2.22. The van der Waals surface area contributed by atoms with E-state index in [-0.39, 0.29) is 0 Å². The van der Waals surface area contributed by atoms with Crippen molar-refractivity contribution in [2.24, 2.45) is 0 Å². The van der Waals surface area contributed by atoms with Gasteiger partial charge in [0.15, 0.2) is 0 Å². The predicted octanol–water partition coefficient (Wildman–Crippen LogP) is 11.7. The fourth-order valence-electron chi connectivity index (χ4n) is 7.79. The van der Waals surface area contributed by atoms with Crippen LogP contribution < -0.4 is 5.46 Å². The largest absolute Gasteiger partial charge is 0.488 e. The first kappa shape index (κ1) is 32.4. The summed E-state index contributed by atoms with van der Waals surface area (Å²) >= 11 is 0. The van der Waals surface area contributed by atoms with Crippen molar-refractivity contribution in [3.63, 3.8) is 0 Å². The van der Waals surface area contributed by atoms with E-state index in [2.05, 4.69) is 176 Å². The summed E-state index contributed by atoms with van der Waals surface area (Å²) in [6.07, 6.45) is 0. The van der Waals surface area contributed by atoms with Crippen LogP contribution in [-0.2, 0) is 0 Å². The molecule has 2 N–H and O–H groups in total. The van der Waals surface area contributed by atoms with E-state index in [1.54, 1.807) is 0 Å². The highest BCUT2D eigenvalue weighted by Crippen LogP contribution is 2.47. The summed E-state index contributed by atoms with van der Waals surface area (Å²) in [5.41, 5.74) is 14.1. The van der Waals surface area contributed by atoms with Gasteiger partial charge in [0.1, 0.15) is 0 Å². The van der Waals surface area contributed by atoms with Crippen LogP contribution >= 0.6 is 0 Å². The Morgan fingerprint density at radius 3 is 1.06 bits per heavy atom. The van der Waals surface area contributed by atoms with Gasteiger partial charge in [0, 0.05) is 0 Å². The van der Waals surface area contributed by atoms with Crippen molar-refractivity contribution in [3.05, 3.63) is 200 Å². The van der Waals surface area contributed by atoms with Crippen LogP contribution in [0.4, 0.5) is 0 Å². The number of rotatable bonds is 7. The molecule has 250 valence electrons. The monoisotopic (exact) mass is 678 g/mol. The Balaban J connectivity index is 1.27. The van der Waals surface area contributed by atoms with Crippen LogP contribution in [0.2, 0.25) is 0 Å². The van der Waals surface area contributed by atoms with E-state index < -0.39 is 7.12 Å². The second-order valence-electron chi connectivity index (χ2n) is 13.5. The molecule has 3 heteroatoms. The molecular formula is C50H35BO2. The van der Waals surface area contributed by atoms with Crippen molar-refractivity contribution in [3.8, 4) is 66.8 Å². The van der Waals surface area contributed by atoms with Gasteiger partial charge >= 0.3 is 7.12 Å². The number of fused-ring (bicyclic) bond motifs is 2. The summed E-state index contributed by atoms with van der Waals surface area (Å²) in [4.78, 5) is 0. The van der Waals surface area contributed by atoms with Gasteiger partial charge in [-0.1, -0.05) is 200 Å². The maximum absolute atomic E-state index is 10.4. The van der Waals surface area contributed by atoms with E-state index in [4.69, 9.17) is 0 Å². The molecule has 9 rings (SSSR count). The Bertz CT molecular complexity index is 2720. The Hall–Kier alpha value is -6.52. The van der Waals surface area contributed by atoms with Gasteiger partial charge in [-0.3, -0.25) is 0 Å². The van der Waals surface area contributed by atoms with E-state index >= 15 is 0 Å². The molecule has 0 saturated carbocycles. The second kappa shape index (κ2) is 13.9. The minimum absolute atomic E-state index is 0.453. The third kappa shape index (κ3) is 6.02. The zero-order valence-electron chi connectivity index (χ0n) is 29.0. The van der Waals surface area contributed by atoms with Crippen molar-refractivity contribution in [2.75, 3.05) is 0 Å². The van der Waals surface area contributed by atoms with Crippen molar-refractivity contribution >= 4 is 34.1 Å². The van der Waals surface area contributed by atoms with Crippen LogP contribution in [-0.4, -0.2) is 17.2 Å². The number of benzene rings is 9. The molecule has 53 heavy (non-hydrogen) atoms. The molecule has 0 aromatic heterocycles. The Morgan fingerprint density at radius 1 is 0.264 bits per heavy atom. The van der Waals surface area contributed by atoms with Gasteiger partial charge in [0.2, 0.25) is 0 Å². The van der Waals surface area contributed by atoms with Crippen LogP contribution in [0.1, 0.15) is 0 Å². The van der Waals surface area contributed by atoms with E-state index in [1.807, 2.05) is 24.3 Å². The lowest BCUT2D eigenvalue weighted by molar-refractivity contribution is 0.426. The lowest BCUT2D eigenvalue weighted by Crippen LogP contribution is -2.29. The molecule has 0 fully saturated rings. The van der Waals surface area contributed by atoms with Gasteiger partial charge in [0.25, 0.3) is 0 Å². The van der Waals surface area contributed by atoms with Crippen LogP contribution in [0, 0.1) is 0 Å². The van der Waals surface area contributed by atoms with E-state index in [9.17, 15) is 10.0 Å². The van der Waals surface area contributed by atoms with Crippen molar-refractivity contribution in [1.82, 2.24) is 0 Å². The summed E-state index contributed by atoms with van der Waals surface area (Å²) < 4.78 is 0. The van der Waals surface area contributed by atoms with E-state index in [1.165, 1.54) is 22.3 Å². The van der Waals surface area contributed by atoms with Crippen LogP contribution in [0.5, 0.6) is 0 Å². The molecular weight excluding hydrogens is 643 g/mol. The molecule has 0 unspecified atom stereocenters. The standard InChI is InChI=1S/C50H35BO2/c52-51(53)40-31-32-47-48(33-40)50(44-20-10-8-18-42(44)39-29-25-37(26-30-39)35-15-5-2-6-16-35)46-22-12-11-21-45(46)49(47)43-19-9-7-17-41(43)38-27-23-36(24-28-38)34-13-3-1-4-14-34/h1-33,52-53H. The first-order valence-corrected chi connectivity index (χ1v) is 18.0. The average Bonchev–Trinajstić information content (AvgIpc) is 3.23. The third-order valence-corrected chi connectivity index (χ3v) is 10.3. The van der Waals surface area contributed by atoms with Gasteiger partial charge in [-0.25, -0.2) is 0 Å². The lowest BCUT2D eigenvalue weighted by atomic mass is 9.76. The zero-order chi connectivity index (χ0) is 35.7. The molecule has 0 bridgehead atoms. The van der Waals surface area contributed by atoms with Gasteiger partial charge in [-0.05, 0) is 93.8 Å². The maximum Gasteiger partial charge on any atom is 0.488 e. The molecule has 0 aliphatic heterocycles. The zero-order valence-corrected chi connectivity index (χ0v) is 29.0. The second-order valence-corrected chi connectivity index (χ2v) is 13.5. The van der Waals surface area contributed by atoms with Crippen LogP contribution in [0.15, 0.2) is 200 Å². The summed E-state index contributed by atoms with van der Waals surface area (Å²) in [5.74, 6) is 0. The predicted molar refractivity (Wildman–Crippen MR) is 224 cm³/mol. The molecule has 0 heterocycles. The molecule has 0 aliphatic rings. The molecule has 0 spiro atoms. The lowest BCUT2D eigenvalue weighted by Gasteiger charge is -2.22. The van der Waals surface area contributed by atoms with Crippen LogP contribution in [0.25, 0.3) is 88.3 Å². The highest BCUT2D eigenvalue weighted by molar-refractivity contribution is 6.59. The molecule has 0 atom stereocenters. The Labute approximate surface area is 310 Å². The summed E-state index contributed by atoms with van der Waals surface area (Å²) in [5, 5.41) is 25.1. The topological polar surface area (TPSA) is 40.5 Å². The van der Waals surface area contributed by atoms with Crippen molar-refractivity contribution in [2.45, 2.75) is 0 Å². The van der Waals surface area contributed by atoms with E-state index in [0.29, 0.717) is 5.46 Å². The minimum atomic E-state index is -1.60. The van der Waals surface area contributed by atoms with E-state index in [0.717, 1.165) is 66.1 Å². The van der Waals surface area contributed by atoms with Crippen molar-refractivity contribution < 1.29 is 10.0 Å². The number of hydrogen-bond donors (Lipinski definition) is 2. The molecule has 0 saturated heterocycles. The van der Waals surface area contributed by atoms with Gasteiger partial charge in [-0.15, -0.1) is 0 Å². The normalized spacial score (nSPS) is 11.2. The highest BCUT2D eigenvalue weighted by atomic mass is 16.4. The molecule has 2 nitrogen and oxygen atoms in total. The summed E-state index contributed by atoms with van der Waals surface area (Å²) in [6, 6.07) is 70.1. The molecule has 9 aromatic rings. The average molecular weight is 679 g/mol. The third-order valence-electron chi connectivity index (χ3n) is 10.3. The molecule has 9 aromatic carbocycles. The number of hydrogen-bond acceptors (Lipinski definition) is 2. The quantitative estimate of drug-likeness (QED) is 0.130. The maximum atomic E-state index is 10.4. The Kier molecular flexibility index (Phi) is 8.49. The van der Waals surface area contributed by atoms with Gasteiger partial charge < -0.3 is 10.0 Å². The van der Waals surface area contributed by atoms with Gasteiger partial charge in [-0.2, -0.15) is 0 Å². The Morgan fingerprint density at radius 2 is 0.604 bits per heavy atom. The SMILES string of the molecule is OB(O)c1ccc2c(-c3ccccc3-c3ccc(-c4ccccc4)cc3)c3ccccc3c(-c3ccccc3-c3ccc(-c4ccccc4)cc3)c2c1. The van der Waals surface area contributed by atoms with Crippen molar-refractivity contribution in [1.29, 1.82) is 0 Å². The first-order chi connectivity index (χ1) is 26.1. The summed E-state index contributed by atoms with van der Waals surface area (Å²) in [7, 11) is -1.60. The fraction of sp³-hybridized carbons (Fsp3) is 0. The van der Waals surface area contributed by atoms with Gasteiger partial charge in [0.05, 0.1) is 0 Å². The smallest absolute Gasteiger partial charge is 0.423 e. The fourth-order valence-corrected chi connectivity index (χ4v) is 7.79. The molecule has 0 radical (unpaired) electrons. The first-order valence-electron chi connectivity index (χ1n) is 18.0. The molecule has 0 amide bonds.